The molecule has 1 unspecified atom stereocenters. The molecule has 1 atom stereocenters. The van der Waals surface area contributed by atoms with Crippen molar-refractivity contribution in [3.05, 3.63) is 28.3 Å². The van der Waals surface area contributed by atoms with Crippen molar-refractivity contribution in [3.8, 4) is 5.75 Å². The van der Waals surface area contributed by atoms with Crippen molar-refractivity contribution >= 4 is 24.0 Å². The minimum atomic E-state index is 0. The minimum Gasteiger partial charge on any atom is -0.496 e. The van der Waals surface area contributed by atoms with Crippen molar-refractivity contribution in [2.75, 3.05) is 20.2 Å². The standard InChI is InChI=1S/C17H26ClNO.ClH/c1-4-10-19(11-5-2)13-6-7-14-15(12-13)17(20-3)9-8-16(14)18;/h8-9,13H,4-7,10-12H2,1-3H3;1H. The van der Waals surface area contributed by atoms with Gasteiger partial charge in [-0.3, -0.25) is 0 Å². The van der Waals surface area contributed by atoms with E-state index in [1.807, 2.05) is 12.1 Å². The molecule has 0 radical (unpaired) electrons. The molecule has 0 aliphatic heterocycles. The number of nitrogens with zero attached hydrogens (tertiary/aromatic N) is 1. The van der Waals surface area contributed by atoms with Crippen LogP contribution in [0.3, 0.4) is 0 Å². The second-order valence-corrected chi connectivity index (χ2v) is 6.05. The fourth-order valence-corrected chi connectivity index (χ4v) is 3.61. The highest BCUT2D eigenvalue weighted by Gasteiger charge is 2.26. The number of fused-ring (bicyclic) bond motifs is 1. The molecule has 21 heavy (non-hydrogen) atoms. The van der Waals surface area contributed by atoms with E-state index in [-0.39, 0.29) is 12.4 Å². The average molecular weight is 332 g/mol. The highest BCUT2D eigenvalue weighted by Crippen LogP contribution is 2.35. The van der Waals surface area contributed by atoms with E-state index in [1.54, 1.807) is 7.11 Å². The minimum absolute atomic E-state index is 0. The molecule has 0 saturated heterocycles. The topological polar surface area (TPSA) is 12.5 Å². The average Bonchev–Trinajstić information content (AvgIpc) is 2.47. The Bertz CT molecular complexity index is 445. The van der Waals surface area contributed by atoms with Crippen LogP contribution >= 0.6 is 24.0 Å². The molecular formula is C17H27Cl2NO. The van der Waals surface area contributed by atoms with Gasteiger partial charge in [-0.15, -0.1) is 12.4 Å². The Labute approximate surface area is 140 Å². The molecule has 4 heteroatoms. The van der Waals surface area contributed by atoms with E-state index in [4.69, 9.17) is 16.3 Å². The van der Waals surface area contributed by atoms with Crippen molar-refractivity contribution in [2.24, 2.45) is 0 Å². The molecule has 120 valence electrons. The number of hydrogen-bond acceptors (Lipinski definition) is 2. The number of halogens is 2. The summed E-state index contributed by atoms with van der Waals surface area (Å²) >= 11 is 6.35. The fraction of sp³-hybridized carbons (Fsp3) is 0.647. The van der Waals surface area contributed by atoms with Gasteiger partial charge in [-0.1, -0.05) is 25.4 Å². The van der Waals surface area contributed by atoms with E-state index in [0.29, 0.717) is 6.04 Å². The van der Waals surface area contributed by atoms with Gasteiger partial charge in [0.1, 0.15) is 5.75 Å². The zero-order valence-electron chi connectivity index (χ0n) is 13.3. The van der Waals surface area contributed by atoms with Crippen LogP contribution in [0.5, 0.6) is 5.75 Å². The van der Waals surface area contributed by atoms with Gasteiger partial charge in [0.05, 0.1) is 7.11 Å². The van der Waals surface area contributed by atoms with Gasteiger partial charge in [0.15, 0.2) is 0 Å². The molecule has 0 fully saturated rings. The molecular weight excluding hydrogens is 305 g/mol. The first-order valence-corrected chi connectivity index (χ1v) is 8.17. The summed E-state index contributed by atoms with van der Waals surface area (Å²) in [6.45, 7) is 6.90. The van der Waals surface area contributed by atoms with Gasteiger partial charge in [-0.25, -0.2) is 0 Å². The molecule has 1 aromatic carbocycles. The zero-order valence-corrected chi connectivity index (χ0v) is 14.9. The van der Waals surface area contributed by atoms with Crippen molar-refractivity contribution < 1.29 is 4.74 Å². The lowest BCUT2D eigenvalue weighted by atomic mass is 9.86. The van der Waals surface area contributed by atoms with Crippen LogP contribution in [-0.2, 0) is 12.8 Å². The Morgan fingerprint density at radius 2 is 1.86 bits per heavy atom. The number of hydrogen-bond donors (Lipinski definition) is 0. The predicted molar refractivity (Wildman–Crippen MR) is 93.2 cm³/mol. The van der Waals surface area contributed by atoms with Gasteiger partial charge < -0.3 is 9.64 Å². The molecule has 0 aromatic heterocycles. The van der Waals surface area contributed by atoms with Crippen LogP contribution in [0.1, 0.15) is 44.2 Å². The smallest absolute Gasteiger partial charge is 0.122 e. The van der Waals surface area contributed by atoms with Crippen LogP contribution < -0.4 is 4.74 Å². The fourth-order valence-electron chi connectivity index (χ4n) is 3.34. The molecule has 0 spiro atoms. The molecule has 2 nitrogen and oxygen atoms in total. The first-order valence-electron chi connectivity index (χ1n) is 7.79. The Morgan fingerprint density at radius 1 is 1.19 bits per heavy atom. The Hall–Kier alpha value is -0.440. The second kappa shape index (κ2) is 8.87. The number of rotatable bonds is 6. The van der Waals surface area contributed by atoms with E-state index in [1.165, 1.54) is 43.5 Å². The number of ether oxygens (including phenoxy) is 1. The van der Waals surface area contributed by atoms with Crippen LogP contribution in [0.4, 0.5) is 0 Å². The summed E-state index contributed by atoms with van der Waals surface area (Å²) < 4.78 is 5.54. The van der Waals surface area contributed by atoms with E-state index < -0.39 is 0 Å². The summed E-state index contributed by atoms with van der Waals surface area (Å²) in [6.07, 6.45) is 5.78. The van der Waals surface area contributed by atoms with Crippen molar-refractivity contribution in [3.63, 3.8) is 0 Å². The SMILES string of the molecule is CCCN(CCC)C1CCc2c(Cl)ccc(OC)c2C1.Cl. The molecule has 1 aliphatic carbocycles. The van der Waals surface area contributed by atoms with Crippen molar-refractivity contribution in [2.45, 2.75) is 52.0 Å². The van der Waals surface area contributed by atoms with Gasteiger partial charge in [0.25, 0.3) is 0 Å². The van der Waals surface area contributed by atoms with Crippen LogP contribution in [0.2, 0.25) is 5.02 Å². The van der Waals surface area contributed by atoms with Crippen LogP contribution in [-0.4, -0.2) is 31.1 Å². The molecule has 2 rings (SSSR count). The van der Waals surface area contributed by atoms with Crippen LogP contribution in [0, 0.1) is 0 Å². The lowest BCUT2D eigenvalue weighted by molar-refractivity contribution is 0.179. The maximum atomic E-state index is 6.35. The summed E-state index contributed by atoms with van der Waals surface area (Å²) in [5, 5.41) is 0.900. The highest BCUT2D eigenvalue weighted by molar-refractivity contribution is 6.31. The monoisotopic (exact) mass is 331 g/mol. The quantitative estimate of drug-likeness (QED) is 0.745. The largest absolute Gasteiger partial charge is 0.496 e. The van der Waals surface area contributed by atoms with Crippen molar-refractivity contribution in [1.29, 1.82) is 0 Å². The molecule has 0 bridgehead atoms. The predicted octanol–water partition coefficient (Wildman–Crippen LogP) is 4.75. The maximum absolute atomic E-state index is 6.35. The zero-order chi connectivity index (χ0) is 14.5. The van der Waals surface area contributed by atoms with E-state index in [9.17, 15) is 0 Å². The molecule has 0 amide bonds. The van der Waals surface area contributed by atoms with E-state index in [2.05, 4.69) is 18.7 Å². The summed E-state index contributed by atoms with van der Waals surface area (Å²) in [5.41, 5.74) is 2.63. The van der Waals surface area contributed by atoms with Gasteiger partial charge in [0.2, 0.25) is 0 Å². The Kier molecular flexibility index (Phi) is 7.86. The third-order valence-electron chi connectivity index (χ3n) is 4.26. The van der Waals surface area contributed by atoms with Gasteiger partial charge in [0, 0.05) is 16.6 Å². The Balaban J connectivity index is 0.00000220. The maximum Gasteiger partial charge on any atom is 0.122 e. The van der Waals surface area contributed by atoms with E-state index in [0.717, 1.165) is 23.6 Å². The van der Waals surface area contributed by atoms with Crippen molar-refractivity contribution in [1.82, 2.24) is 4.90 Å². The highest BCUT2D eigenvalue weighted by atomic mass is 35.5. The number of benzene rings is 1. The summed E-state index contributed by atoms with van der Waals surface area (Å²) in [6, 6.07) is 4.61. The third-order valence-corrected chi connectivity index (χ3v) is 4.61. The van der Waals surface area contributed by atoms with Crippen LogP contribution in [0.25, 0.3) is 0 Å². The summed E-state index contributed by atoms with van der Waals surface area (Å²) in [5.74, 6) is 1.00. The lowest BCUT2D eigenvalue weighted by Crippen LogP contribution is -2.40. The van der Waals surface area contributed by atoms with Gasteiger partial charge in [-0.2, -0.15) is 0 Å². The molecule has 1 aromatic rings. The van der Waals surface area contributed by atoms with Crippen LogP contribution in [0.15, 0.2) is 12.1 Å². The molecule has 0 heterocycles. The third kappa shape index (κ3) is 4.28. The molecule has 1 aliphatic rings. The van der Waals surface area contributed by atoms with E-state index >= 15 is 0 Å². The van der Waals surface area contributed by atoms with Gasteiger partial charge >= 0.3 is 0 Å². The molecule has 0 N–H and O–H groups in total. The van der Waals surface area contributed by atoms with Gasteiger partial charge in [-0.05, 0) is 62.9 Å². The molecule has 0 saturated carbocycles. The first kappa shape index (κ1) is 18.6. The Morgan fingerprint density at radius 3 is 2.43 bits per heavy atom. The first-order chi connectivity index (χ1) is 9.71. The number of methoxy groups -OCH3 is 1. The normalized spacial score (nSPS) is 17.3. The second-order valence-electron chi connectivity index (χ2n) is 5.64. The summed E-state index contributed by atoms with van der Waals surface area (Å²) in [4.78, 5) is 2.64. The lowest BCUT2D eigenvalue weighted by Gasteiger charge is -2.35. The summed E-state index contributed by atoms with van der Waals surface area (Å²) in [7, 11) is 1.75.